The highest BCUT2D eigenvalue weighted by atomic mass is 16.6. The van der Waals surface area contributed by atoms with Crippen molar-refractivity contribution in [2.24, 2.45) is 5.73 Å². The van der Waals surface area contributed by atoms with Gasteiger partial charge in [0.25, 0.3) is 0 Å². The number of benzene rings is 5. The first-order valence-electron chi connectivity index (χ1n) is 15.2. The Morgan fingerprint density at radius 1 is 0.674 bits per heavy atom. The maximum atomic E-state index is 14.8. The van der Waals surface area contributed by atoms with Crippen molar-refractivity contribution in [3.8, 4) is 11.1 Å². The van der Waals surface area contributed by atoms with Gasteiger partial charge in [-0.2, -0.15) is 0 Å². The van der Waals surface area contributed by atoms with E-state index in [0.29, 0.717) is 16.7 Å². The van der Waals surface area contributed by atoms with Gasteiger partial charge < -0.3 is 15.6 Å². The topological polar surface area (TPSA) is 110 Å². The third-order valence-corrected chi connectivity index (χ3v) is 8.73. The van der Waals surface area contributed by atoms with E-state index < -0.39 is 29.6 Å². The first-order chi connectivity index (χ1) is 22.4. The van der Waals surface area contributed by atoms with Crippen molar-refractivity contribution in [2.75, 3.05) is 6.61 Å². The van der Waals surface area contributed by atoms with Crippen LogP contribution in [-0.2, 0) is 19.9 Å². The Kier molecular flexibility index (Phi) is 8.65. The Labute approximate surface area is 267 Å². The van der Waals surface area contributed by atoms with Crippen LogP contribution in [-0.4, -0.2) is 40.6 Å². The number of hydrogen-bond donors (Lipinski definition) is 2. The summed E-state index contributed by atoms with van der Waals surface area (Å²) in [7, 11) is 0. The van der Waals surface area contributed by atoms with Gasteiger partial charge in [0, 0.05) is 12.3 Å². The average molecular weight is 611 g/mol. The van der Waals surface area contributed by atoms with E-state index in [-0.39, 0.29) is 25.4 Å². The molecule has 3 N–H and O–H groups in total. The maximum Gasteiger partial charge on any atom is 0.411 e. The second kappa shape index (κ2) is 13.1. The molecule has 5 aromatic carbocycles. The minimum Gasteiger partial charge on any atom is -0.480 e. The molecular formula is C39H34N2O5. The molecule has 0 saturated carbocycles. The number of carboxylic acid groups (broad SMARTS) is 1. The van der Waals surface area contributed by atoms with E-state index in [1.54, 1.807) is 0 Å². The molecule has 0 saturated heterocycles. The van der Waals surface area contributed by atoms with Crippen LogP contribution in [0.3, 0.4) is 0 Å². The number of primary amides is 1. The first-order valence-corrected chi connectivity index (χ1v) is 15.2. The number of rotatable bonds is 11. The fourth-order valence-electron chi connectivity index (χ4n) is 6.76. The number of nitrogens with two attached hydrogens (primary N) is 1. The highest BCUT2D eigenvalue weighted by molar-refractivity contribution is 5.84. The molecule has 5 aromatic rings. The minimum atomic E-state index is -1.47. The average Bonchev–Trinajstić information content (AvgIpc) is 3.41. The first kappa shape index (κ1) is 30.3. The second-order valence-electron chi connectivity index (χ2n) is 11.3. The van der Waals surface area contributed by atoms with Gasteiger partial charge in [0.15, 0.2) is 0 Å². The number of carbonyl (C=O) groups excluding carboxylic acids is 2. The molecule has 0 bridgehead atoms. The summed E-state index contributed by atoms with van der Waals surface area (Å²) in [4.78, 5) is 41.3. The quantitative estimate of drug-likeness (QED) is 0.157. The molecule has 2 amide bonds. The molecule has 7 heteroatoms. The van der Waals surface area contributed by atoms with Gasteiger partial charge in [-0.3, -0.25) is 9.69 Å². The minimum absolute atomic E-state index is 0.0139. The number of hydrogen-bond acceptors (Lipinski definition) is 4. The van der Waals surface area contributed by atoms with E-state index in [1.807, 2.05) is 127 Å². The smallest absolute Gasteiger partial charge is 0.411 e. The number of carboxylic acids is 1. The van der Waals surface area contributed by atoms with Crippen LogP contribution in [0.5, 0.6) is 0 Å². The largest absolute Gasteiger partial charge is 0.480 e. The van der Waals surface area contributed by atoms with Crippen LogP contribution < -0.4 is 5.73 Å². The molecule has 0 aromatic heterocycles. The normalized spacial score (nSPS) is 12.9. The van der Waals surface area contributed by atoms with E-state index in [2.05, 4.69) is 12.1 Å². The molecule has 230 valence electrons. The molecule has 0 fully saturated rings. The molecular weight excluding hydrogens is 576 g/mol. The van der Waals surface area contributed by atoms with Crippen LogP contribution in [0.15, 0.2) is 140 Å². The lowest BCUT2D eigenvalue weighted by atomic mass is 9.74. The van der Waals surface area contributed by atoms with Gasteiger partial charge in [0.05, 0.1) is 0 Å². The molecule has 0 radical (unpaired) electrons. The van der Waals surface area contributed by atoms with Gasteiger partial charge in [-0.1, -0.05) is 140 Å². The Balaban J connectivity index is 1.53. The highest BCUT2D eigenvalue weighted by Gasteiger charge is 2.51. The Morgan fingerprint density at radius 3 is 1.50 bits per heavy atom. The van der Waals surface area contributed by atoms with Gasteiger partial charge in [-0.25, -0.2) is 9.59 Å². The standard InChI is InChI=1S/C39H34N2O5/c40-36(42)25-24-35(37(43)44)41(38(45)46-26-34-32-22-12-10-20-30(32)31-21-11-13-23-33(31)34)39(27-14-4-1-5-15-27,28-16-6-2-7-17-28)29-18-8-3-9-19-29/h1-23,34-35H,24-26H2,(H2,40,42)(H,43,44). The van der Waals surface area contributed by atoms with Crippen molar-refractivity contribution in [1.29, 1.82) is 0 Å². The lowest BCUT2D eigenvalue weighted by molar-refractivity contribution is -0.144. The summed E-state index contributed by atoms with van der Waals surface area (Å²) >= 11 is 0. The van der Waals surface area contributed by atoms with Gasteiger partial charge >= 0.3 is 12.1 Å². The third-order valence-electron chi connectivity index (χ3n) is 8.73. The molecule has 0 spiro atoms. The number of fused-ring (bicyclic) bond motifs is 3. The fourth-order valence-corrected chi connectivity index (χ4v) is 6.76. The molecule has 6 rings (SSSR count). The van der Waals surface area contributed by atoms with Crippen molar-refractivity contribution in [2.45, 2.75) is 30.3 Å². The lowest BCUT2D eigenvalue weighted by Crippen LogP contribution is -2.58. The third kappa shape index (κ3) is 5.52. The zero-order valence-electron chi connectivity index (χ0n) is 25.2. The van der Waals surface area contributed by atoms with Crippen LogP contribution in [0.25, 0.3) is 11.1 Å². The number of ether oxygens (including phenoxy) is 1. The van der Waals surface area contributed by atoms with Crippen LogP contribution in [0.2, 0.25) is 0 Å². The Morgan fingerprint density at radius 2 is 1.09 bits per heavy atom. The second-order valence-corrected chi connectivity index (χ2v) is 11.3. The molecule has 1 aliphatic carbocycles. The van der Waals surface area contributed by atoms with Crippen LogP contribution in [0, 0.1) is 0 Å². The van der Waals surface area contributed by atoms with Crippen molar-refractivity contribution in [1.82, 2.24) is 4.90 Å². The summed E-state index contributed by atoms with van der Waals surface area (Å²) in [5, 5.41) is 10.7. The molecule has 7 nitrogen and oxygen atoms in total. The number of aliphatic carboxylic acids is 1. The van der Waals surface area contributed by atoms with Gasteiger partial charge in [-0.05, 0) is 45.4 Å². The van der Waals surface area contributed by atoms with Crippen LogP contribution >= 0.6 is 0 Å². The monoisotopic (exact) mass is 610 g/mol. The summed E-state index contributed by atoms with van der Waals surface area (Å²) in [6.07, 6.45) is -1.27. The predicted octanol–water partition coefficient (Wildman–Crippen LogP) is 6.95. The number of amides is 2. The molecule has 1 atom stereocenters. The van der Waals surface area contributed by atoms with E-state index in [1.165, 1.54) is 4.90 Å². The summed E-state index contributed by atoms with van der Waals surface area (Å²) < 4.78 is 6.22. The summed E-state index contributed by atoms with van der Waals surface area (Å²) in [5.41, 5.74) is 10.3. The van der Waals surface area contributed by atoms with Gasteiger partial charge in [0.2, 0.25) is 5.91 Å². The summed E-state index contributed by atoms with van der Waals surface area (Å²) in [6, 6.07) is 42.5. The van der Waals surface area contributed by atoms with Gasteiger partial charge in [-0.15, -0.1) is 0 Å². The SMILES string of the molecule is NC(=O)CCC(C(=O)O)N(C(=O)OCC1c2ccccc2-c2ccccc21)C(c1ccccc1)(c1ccccc1)c1ccccc1. The fraction of sp³-hybridized carbons (Fsp3) is 0.154. The Hall–Kier alpha value is -5.69. The van der Waals surface area contributed by atoms with E-state index in [4.69, 9.17) is 10.5 Å². The molecule has 0 heterocycles. The van der Waals surface area contributed by atoms with Crippen molar-refractivity contribution < 1.29 is 24.2 Å². The number of carbonyl (C=O) groups is 3. The maximum absolute atomic E-state index is 14.8. The van der Waals surface area contributed by atoms with Crippen LogP contribution in [0.4, 0.5) is 4.79 Å². The highest BCUT2D eigenvalue weighted by Crippen LogP contribution is 2.47. The zero-order valence-corrected chi connectivity index (χ0v) is 25.2. The summed E-state index contributed by atoms with van der Waals surface area (Å²) in [6.45, 7) is -0.0139. The van der Waals surface area contributed by atoms with Crippen LogP contribution in [0.1, 0.15) is 46.6 Å². The Bertz CT molecular complexity index is 1700. The van der Waals surface area contributed by atoms with Gasteiger partial charge in [0.1, 0.15) is 18.2 Å². The predicted molar refractivity (Wildman–Crippen MR) is 176 cm³/mol. The molecule has 1 unspecified atom stereocenters. The summed E-state index contributed by atoms with van der Waals surface area (Å²) in [5.74, 6) is -2.18. The molecule has 46 heavy (non-hydrogen) atoms. The number of nitrogens with zero attached hydrogens (tertiary/aromatic N) is 1. The van der Waals surface area contributed by atoms with E-state index >= 15 is 0 Å². The molecule has 0 aliphatic heterocycles. The zero-order chi connectivity index (χ0) is 32.1. The van der Waals surface area contributed by atoms with Crippen molar-refractivity contribution in [3.63, 3.8) is 0 Å². The van der Waals surface area contributed by atoms with E-state index in [9.17, 15) is 19.5 Å². The molecule has 1 aliphatic rings. The lowest BCUT2D eigenvalue weighted by Gasteiger charge is -2.47. The van der Waals surface area contributed by atoms with Crippen molar-refractivity contribution >= 4 is 18.0 Å². The van der Waals surface area contributed by atoms with E-state index in [0.717, 1.165) is 22.3 Å². The van der Waals surface area contributed by atoms with Crippen molar-refractivity contribution in [3.05, 3.63) is 167 Å².